The van der Waals surface area contributed by atoms with Crippen LogP contribution in [0.5, 0.6) is 0 Å². The molecule has 0 saturated heterocycles. The van der Waals surface area contributed by atoms with Gasteiger partial charge in [-0.15, -0.1) is 0 Å². The zero-order valence-electron chi connectivity index (χ0n) is 10.1. The molecule has 2 aromatic rings. The largest absolute Gasteiger partial charge is 0.399 e. The van der Waals surface area contributed by atoms with Crippen LogP contribution < -0.4 is 11.1 Å². The van der Waals surface area contributed by atoms with Crippen molar-refractivity contribution in [1.29, 1.82) is 0 Å². The Hall–Kier alpha value is -1.97. The predicted molar refractivity (Wildman–Crippen MR) is 70.9 cm³/mol. The Kier molecular flexibility index (Phi) is 3.65. The molecule has 1 aromatic heterocycles. The number of anilines is 2. The number of nitrogen functional groups attached to an aromatic ring is 1. The Morgan fingerprint density at radius 3 is 3.06 bits per heavy atom. The van der Waals surface area contributed by atoms with Gasteiger partial charge in [0.2, 0.25) is 0 Å². The Morgan fingerprint density at radius 1 is 1.41 bits per heavy atom. The summed E-state index contributed by atoms with van der Waals surface area (Å²) in [6, 6.07) is 5.94. The van der Waals surface area contributed by atoms with Crippen molar-refractivity contribution < 1.29 is 0 Å². The van der Waals surface area contributed by atoms with Crippen LogP contribution in [0.4, 0.5) is 11.4 Å². The van der Waals surface area contributed by atoms with Gasteiger partial charge < -0.3 is 15.6 Å². The zero-order valence-corrected chi connectivity index (χ0v) is 10.1. The van der Waals surface area contributed by atoms with Crippen molar-refractivity contribution >= 4 is 11.4 Å². The molecule has 90 valence electrons. The third-order valence-corrected chi connectivity index (χ3v) is 2.73. The van der Waals surface area contributed by atoms with Gasteiger partial charge in [-0.2, -0.15) is 0 Å². The maximum atomic E-state index is 5.76. The molecule has 0 aliphatic rings. The maximum absolute atomic E-state index is 5.76. The van der Waals surface area contributed by atoms with Crippen LogP contribution in [0.15, 0.2) is 36.9 Å². The van der Waals surface area contributed by atoms with Gasteiger partial charge >= 0.3 is 0 Å². The molecular formula is C13H18N4. The quantitative estimate of drug-likeness (QED) is 0.612. The number of rotatable bonds is 5. The molecule has 0 spiro atoms. The van der Waals surface area contributed by atoms with E-state index in [9.17, 15) is 0 Å². The van der Waals surface area contributed by atoms with E-state index in [4.69, 9.17) is 5.73 Å². The Labute approximate surface area is 101 Å². The molecule has 3 N–H and O–H groups in total. The van der Waals surface area contributed by atoms with E-state index >= 15 is 0 Å². The number of aromatic nitrogens is 2. The van der Waals surface area contributed by atoms with Gasteiger partial charge in [0.15, 0.2) is 0 Å². The summed E-state index contributed by atoms with van der Waals surface area (Å²) in [4.78, 5) is 4.01. The van der Waals surface area contributed by atoms with Gasteiger partial charge in [0.1, 0.15) is 0 Å². The molecule has 4 heteroatoms. The van der Waals surface area contributed by atoms with Crippen molar-refractivity contribution in [3.63, 3.8) is 0 Å². The SMILES string of the molecule is Cc1ccc(N)cc1NCCCn1ccnc1. The topological polar surface area (TPSA) is 55.9 Å². The summed E-state index contributed by atoms with van der Waals surface area (Å²) >= 11 is 0. The molecule has 0 fully saturated rings. The first-order valence-corrected chi connectivity index (χ1v) is 5.81. The zero-order chi connectivity index (χ0) is 12.1. The lowest BCUT2D eigenvalue weighted by Gasteiger charge is -2.10. The highest BCUT2D eigenvalue weighted by Gasteiger charge is 1.98. The van der Waals surface area contributed by atoms with E-state index in [-0.39, 0.29) is 0 Å². The van der Waals surface area contributed by atoms with Crippen LogP contribution in [0.25, 0.3) is 0 Å². The third-order valence-electron chi connectivity index (χ3n) is 2.73. The minimum atomic E-state index is 0.799. The van der Waals surface area contributed by atoms with E-state index in [0.29, 0.717) is 0 Å². The molecule has 0 amide bonds. The molecule has 0 saturated carbocycles. The average molecular weight is 230 g/mol. The van der Waals surface area contributed by atoms with Crippen LogP contribution in [0, 0.1) is 6.92 Å². The molecule has 2 rings (SSSR count). The minimum Gasteiger partial charge on any atom is -0.399 e. The Morgan fingerprint density at radius 2 is 2.29 bits per heavy atom. The monoisotopic (exact) mass is 230 g/mol. The average Bonchev–Trinajstić information content (AvgIpc) is 2.82. The fraction of sp³-hybridized carbons (Fsp3) is 0.308. The van der Waals surface area contributed by atoms with Crippen molar-refractivity contribution in [2.45, 2.75) is 19.9 Å². The van der Waals surface area contributed by atoms with Crippen LogP contribution >= 0.6 is 0 Å². The number of hydrogen-bond donors (Lipinski definition) is 2. The first-order valence-electron chi connectivity index (χ1n) is 5.81. The number of benzene rings is 1. The standard InChI is InChI=1S/C13H18N4/c1-11-3-4-12(14)9-13(11)16-5-2-7-17-8-6-15-10-17/h3-4,6,8-10,16H,2,5,7,14H2,1H3. The van der Waals surface area contributed by atoms with Crippen LogP contribution in [-0.4, -0.2) is 16.1 Å². The summed E-state index contributed by atoms with van der Waals surface area (Å²) in [5.74, 6) is 0. The molecule has 1 aromatic carbocycles. The number of nitrogens with one attached hydrogen (secondary N) is 1. The van der Waals surface area contributed by atoms with Crippen molar-refractivity contribution in [1.82, 2.24) is 9.55 Å². The summed E-state index contributed by atoms with van der Waals surface area (Å²) < 4.78 is 2.08. The molecule has 0 radical (unpaired) electrons. The second kappa shape index (κ2) is 5.39. The fourth-order valence-electron chi connectivity index (χ4n) is 1.73. The molecule has 0 aliphatic heterocycles. The Balaban J connectivity index is 1.80. The summed E-state index contributed by atoms with van der Waals surface area (Å²) in [6.07, 6.45) is 6.68. The van der Waals surface area contributed by atoms with Gasteiger partial charge in [-0.05, 0) is 31.0 Å². The predicted octanol–water partition coefficient (Wildman–Crippen LogP) is 2.28. The normalized spacial score (nSPS) is 10.4. The lowest BCUT2D eigenvalue weighted by Crippen LogP contribution is -2.07. The second-order valence-corrected chi connectivity index (χ2v) is 4.16. The Bertz CT molecular complexity index is 462. The lowest BCUT2D eigenvalue weighted by atomic mass is 10.2. The highest BCUT2D eigenvalue weighted by Crippen LogP contribution is 2.17. The summed E-state index contributed by atoms with van der Waals surface area (Å²) in [7, 11) is 0. The van der Waals surface area contributed by atoms with E-state index in [0.717, 1.165) is 30.9 Å². The number of imidazole rings is 1. The molecule has 0 atom stereocenters. The van der Waals surface area contributed by atoms with Gasteiger partial charge in [-0.3, -0.25) is 0 Å². The number of nitrogens with two attached hydrogens (primary N) is 1. The lowest BCUT2D eigenvalue weighted by molar-refractivity contribution is 0.660. The van der Waals surface area contributed by atoms with Gasteiger partial charge in [-0.1, -0.05) is 6.07 Å². The summed E-state index contributed by atoms with van der Waals surface area (Å²) in [5, 5.41) is 3.40. The molecular weight excluding hydrogens is 212 g/mol. The van der Waals surface area contributed by atoms with Crippen LogP contribution in [0.1, 0.15) is 12.0 Å². The van der Waals surface area contributed by atoms with E-state index in [1.54, 1.807) is 6.20 Å². The fourth-order valence-corrected chi connectivity index (χ4v) is 1.73. The van der Waals surface area contributed by atoms with Gasteiger partial charge in [-0.25, -0.2) is 4.98 Å². The van der Waals surface area contributed by atoms with Gasteiger partial charge in [0.25, 0.3) is 0 Å². The first-order chi connectivity index (χ1) is 8.25. The van der Waals surface area contributed by atoms with Crippen molar-refractivity contribution in [3.8, 4) is 0 Å². The van der Waals surface area contributed by atoms with E-state index in [1.807, 2.05) is 30.7 Å². The molecule has 1 heterocycles. The molecule has 0 aliphatic carbocycles. The van der Waals surface area contributed by atoms with Crippen molar-refractivity contribution in [2.75, 3.05) is 17.6 Å². The smallest absolute Gasteiger partial charge is 0.0945 e. The van der Waals surface area contributed by atoms with Gasteiger partial charge in [0.05, 0.1) is 6.33 Å². The van der Waals surface area contributed by atoms with E-state index in [2.05, 4.69) is 21.8 Å². The van der Waals surface area contributed by atoms with Crippen LogP contribution in [0.3, 0.4) is 0 Å². The van der Waals surface area contributed by atoms with E-state index in [1.165, 1.54) is 5.56 Å². The molecule has 17 heavy (non-hydrogen) atoms. The number of hydrogen-bond acceptors (Lipinski definition) is 3. The summed E-state index contributed by atoms with van der Waals surface area (Å²) in [6.45, 7) is 3.99. The number of nitrogens with zero attached hydrogens (tertiary/aromatic N) is 2. The maximum Gasteiger partial charge on any atom is 0.0945 e. The van der Waals surface area contributed by atoms with Crippen molar-refractivity contribution in [3.05, 3.63) is 42.5 Å². The minimum absolute atomic E-state index is 0.799. The summed E-state index contributed by atoms with van der Waals surface area (Å²) in [5.41, 5.74) is 8.90. The first kappa shape index (κ1) is 11.5. The number of aryl methyl sites for hydroxylation is 2. The molecule has 0 unspecified atom stereocenters. The third kappa shape index (κ3) is 3.24. The van der Waals surface area contributed by atoms with Crippen LogP contribution in [-0.2, 0) is 6.54 Å². The highest BCUT2D eigenvalue weighted by molar-refractivity contribution is 5.59. The molecule has 4 nitrogen and oxygen atoms in total. The van der Waals surface area contributed by atoms with Gasteiger partial charge in [0, 0.05) is 36.9 Å². The van der Waals surface area contributed by atoms with E-state index < -0.39 is 0 Å². The second-order valence-electron chi connectivity index (χ2n) is 4.16. The van der Waals surface area contributed by atoms with Crippen molar-refractivity contribution in [2.24, 2.45) is 0 Å². The van der Waals surface area contributed by atoms with Crippen LogP contribution in [0.2, 0.25) is 0 Å². The highest BCUT2D eigenvalue weighted by atomic mass is 15.0. The molecule has 0 bridgehead atoms.